The van der Waals surface area contributed by atoms with Crippen molar-refractivity contribution in [1.82, 2.24) is 10.5 Å². The van der Waals surface area contributed by atoms with E-state index in [1.165, 1.54) is 13.2 Å². The van der Waals surface area contributed by atoms with Crippen LogP contribution >= 0.6 is 0 Å². The minimum atomic E-state index is -1.16. The number of carboxylic acid groups (broad SMARTS) is 1. The molecule has 0 aliphatic rings. The van der Waals surface area contributed by atoms with Crippen LogP contribution in [0.25, 0.3) is 0 Å². The highest BCUT2D eigenvalue weighted by Gasteiger charge is 2.24. The normalized spacial score (nSPS) is 12.0. The van der Waals surface area contributed by atoms with E-state index in [0.717, 1.165) is 11.1 Å². The number of ether oxygens (including phenoxy) is 1. The Kier molecular flexibility index (Phi) is 5.13. The summed E-state index contributed by atoms with van der Waals surface area (Å²) in [5.41, 5.74) is 2.35. The molecule has 23 heavy (non-hydrogen) atoms. The monoisotopic (exact) mass is 318 g/mol. The van der Waals surface area contributed by atoms with Crippen LogP contribution in [0.4, 0.5) is 0 Å². The molecule has 0 aliphatic carbocycles. The molecule has 2 aromatic rings. The van der Waals surface area contributed by atoms with Crippen molar-refractivity contribution < 1.29 is 24.0 Å². The molecule has 0 radical (unpaired) electrons. The second-order valence-electron chi connectivity index (χ2n) is 5.28. The van der Waals surface area contributed by atoms with Gasteiger partial charge in [0.15, 0.2) is 17.5 Å². The summed E-state index contributed by atoms with van der Waals surface area (Å²) in [5.74, 6) is -1.39. The minimum absolute atomic E-state index is 0.00711. The fourth-order valence-electron chi connectivity index (χ4n) is 2.30. The molecule has 7 heteroatoms. The molecule has 2 N–H and O–H groups in total. The number of aliphatic carboxylic acids is 1. The molecular weight excluding hydrogens is 300 g/mol. The molecule has 0 spiro atoms. The number of aromatic nitrogens is 1. The number of nitrogens with one attached hydrogen (secondary N) is 1. The molecule has 1 atom stereocenters. The molecule has 0 bridgehead atoms. The van der Waals surface area contributed by atoms with Crippen LogP contribution in [0.3, 0.4) is 0 Å². The number of amides is 1. The van der Waals surface area contributed by atoms with Crippen molar-refractivity contribution in [1.29, 1.82) is 0 Å². The van der Waals surface area contributed by atoms with Crippen LogP contribution in [0, 0.1) is 13.8 Å². The summed E-state index contributed by atoms with van der Waals surface area (Å²) in [7, 11) is 1.49. The fraction of sp³-hybridized carbons (Fsp3) is 0.312. The van der Waals surface area contributed by atoms with Gasteiger partial charge in [0.1, 0.15) is 6.61 Å². The van der Waals surface area contributed by atoms with Crippen molar-refractivity contribution in [3.8, 4) is 0 Å². The Morgan fingerprint density at radius 1 is 1.26 bits per heavy atom. The summed E-state index contributed by atoms with van der Waals surface area (Å²) < 4.78 is 9.81. The Morgan fingerprint density at radius 3 is 2.48 bits per heavy atom. The third-order valence-electron chi connectivity index (χ3n) is 3.18. The maximum absolute atomic E-state index is 12.2. The van der Waals surface area contributed by atoms with Crippen molar-refractivity contribution in [3.05, 3.63) is 52.4 Å². The number of aryl methyl sites for hydroxylation is 2. The van der Waals surface area contributed by atoms with Crippen molar-refractivity contribution in [2.24, 2.45) is 0 Å². The predicted molar refractivity (Wildman–Crippen MR) is 81.0 cm³/mol. The Morgan fingerprint density at radius 2 is 1.91 bits per heavy atom. The fourth-order valence-corrected chi connectivity index (χ4v) is 2.30. The zero-order valence-corrected chi connectivity index (χ0v) is 13.1. The zero-order valence-electron chi connectivity index (χ0n) is 13.1. The topological polar surface area (TPSA) is 102 Å². The van der Waals surface area contributed by atoms with Crippen LogP contribution in [-0.4, -0.2) is 29.2 Å². The molecule has 1 unspecified atom stereocenters. The number of rotatable bonds is 6. The van der Waals surface area contributed by atoms with Gasteiger partial charge in [-0.1, -0.05) is 34.5 Å². The lowest BCUT2D eigenvalue weighted by Crippen LogP contribution is -2.34. The molecule has 2 rings (SSSR count). The quantitative estimate of drug-likeness (QED) is 0.844. The second-order valence-corrected chi connectivity index (χ2v) is 5.28. The lowest BCUT2D eigenvalue weighted by Gasteiger charge is -2.15. The van der Waals surface area contributed by atoms with Crippen LogP contribution in [-0.2, 0) is 16.1 Å². The number of hydrogen-bond acceptors (Lipinski definition) is 5. The number of carbonyl (C=O) groups is 2. The van der Waals surface area contributed by atoms with E-state index in [4.69, 9.17) is 9.26 Å². The summed E-state index contributed by atoms with van der Waals surface area (Å²) >= 11 is 0. The third kappa shape index (κ3) is 4.17. The van der Waals surface area contributed by atoms with E-state index in [1.807, 2.05) is 19.9 Å². The Hall–Kier alpha value is -2.67. The van der Waals surface area contributed by atoms with Gasteiger partial charge in [0.2, 0.25) is 0 Å². The molecule has 0 aliphatic heterocycles. The Bertz CT molecular complexity index is 703. The standard InChI is InChI=1S/C16H18N2O5/c1-9-4-10(2)6-11(5-9)14(16(20)21)17-15(19)13-7-12(8-22-3)23-18-13/h4-7,14H,8H2,1-3H3,(H,17,19)(H,20,21). The van der Waals surface area contributed by atoms with Crippen LogP contribution in [0.1, 0.15) is 39.0 Å². The smallest absolute Gasteiger partial charge is 0.330 e. The summed E-state index contributed by atoms with van der Waals surface area (Å²) in [5, 5.41) is 15.5. The molecule has 7 nitrogen and oxygen atoms in total. The third-order valence-corrected chi connectivity index (χ3v) is 3.18. The van der Waals surface area contributed by atoms with E-state index >= 15 is 0 Å². The summed E-state index contributed by atoms with van der Waals surface area (Å²) in [6.07, 6.45) is 0. The molecular formula is C16H18N2O5. The number of benzene rings is 1. The number of methoxy groups -OCH3 is 1. The van der Waals surface area contributed by atoms with Gasteiger partial charge < -0.3 is 19.7 Å². The van der Waals surface area contributed by atoms with Crippen molar-refractivity contribution in [2.75, 3.05) is 7.11 Å². The van der Waals surface area contributed by atoms with E-state index in [2.05, 4.69) is 10.5 Å². The van der Waals surface area contributed by atoms with Gasteiger partial charge in [0, 0.05) is 13.2 Å². The van der Waals surface area contributed by atoms with Crippen molar-refractivity contribution >= 4 is 11.9 Å². The highest BCUT2D eigenvalue weighted by Crippen LogP contribution is 2.18. The maximum Gasteiger partial charge on any atom is 0.330 e. The van der Waals surface area contributed by atoms with Gasteiger partial charge >= 0.3 is 5.97 Å². The van der Waals surface area contributed by atoms with Gasteiger partial charge in [0.05, 0.1) is 0 Å². The summed E-state index contributed by atoms with van der Waals surface area (Å²) in [4.78, 5) is 23.7. The lowest BCUT2D eigenvalue weighted by molar-refractivity contribution is -0.139. The lowest BCUT2D eigenvalue weighted by atomic mass is 10.0. The Balaban J connectivity index is 2.21. The second kappa shape index (κ2) is 7.06. The van der Waals surface area contributed by atoms with Gasteiger partial charge in [-0.25, -0.2) is 4.79 Å². The largest absolute Gasteiger partial charge is 0.479 e. The first-order valence-corrected chi connectivity index (χ1v) is 6.97. The van der Waals surface area contributed by atoms with E-state index in [0.29, 0.717) is 11.3 Å². The average molecular weight is 318 g/mol. The predicted octanol–water partition coefficient (Wildman–Crippen LogP) is 1.99. The van der Waals surface area contributed by atoms with Crippen molar-refractivity contribution in [2.45, 2.75) is 26.5 Å². The first-order chi connectivity index (χ1) is 10.9. The van der Waals surface area contributed by atoms with Gasteiger partial charge in [-0.05, 0) is 19.4 Å². The van der Waals surface area contributed by atoms with Crippen LogP contribution in [0.2, 0.25) is 0 Å². The van der Waals surface area contributed by atoms with E-state index < -0.39 is 17.9 Å². The molecule has 1 aromatic heterocycles. The first-order valence-electron chi connectivity index (χ1n) is 6.97. The number of carbonyl (C=O) groups excluding carboxylic acids is 1. The summed E-state index contributed by atoms with van der Waals surface area (Å²) in [6, 6.07) is 5.64. The minimum Gasteiger partial charge on any atom is -0.479 e. The van der Waals surface area contributed by atoms with Gasteiger partial charge in [-0.15, -0.1) is 0 Å². The average Bonchev–Trinajstić information content (AvgIpc) is 2.92. The highest BCUT2D eigenvalue weighted by atomic mass is 16.5. The molecule has 1 aromatic carbocycles. The van der Waals surface area contributed by atoms with Crippen LogP contribution in [0.5, 0.6) is 0 Å². The van der Waals surface area contributed by atoms with E-state index in [9.17, 15) is 14.7 Å². The van der Waals surface area contributed by atoms with Crippen LogP contribution < -0.4 is 5.32 Å². The molecule has 0 fully saturated rings. The van der Waals surface area contributed by atoms with Gasteiger partial charge in [0.25, 0.3) is 5.91 Å². The molecule has 122 valence electrons. The number of carboxylic acids is 1. The van der Waals surface area contributed by atoms with Crippen molar-refractivity contribution in [3.63, 3.8) is 0 Å². The summed E-state index contributed by atoms with van der Waals surface area (Å²) in [6.45, 7) is 3.91. The van der Waals surface area contributed by atoms with E-state index in [-0.39, 0.29) is 12.3 Å². The highest BCUT2D eigenvalue weighted by molar-refractivity contribution is 5.95. The maximum atomic E-state index is 12.2. The van der Waals surface area contributed by atoms with Gasteiger partial charge in [-0.2, -0.15) is 0 Å². The molecule has 1 amide bonds. The van der Waals surface area contributed by atoms with E-state index in [1.54, 1.807) is 12.1 Å². The SMILES string of the molecule is COCc1cc(C(=O)NC(C(=O)O)c2cc(C)cc(C)c2)no1. The first kappa shape index (κ1) is 16.7. The zero-order chi connectivity index (χ0) is 17.0. The van der Waals surface area contributed by atoms with Crippen LogP contribution in [0.15, 0.2) is 28.8 Å². The molecule has 1 heterocycles. The molecule has 0 saturated carbocycles. The number of hydrogen-bond donors (Lipinski definition) is 2. The van der Waals surface area contributed by atoms with Gasteiger partial charge in [-0.3, -0.25) is 4.79 Å². The number of nitrogens with zero attached hydrogens (tertiary/aromatic N) is 1. The Labute approximate surface area is 133 Å². The molecule has 0 saturated heterocycles.